The summed E-state index contributed by atoms with van der Waals surface area (Å²) >= 11 is 0. The van der Waals surface area contributed by atoms with Crippen molar-refractivity contribution in [2.45, 2.75) is 127 Å². The summed E-state index contributed by atoms with van der Waals surface area (Å²) in [5, 5.41) is 28.4. The Bertz CT molecular complexity index is 2530. The summed E-state index contributed by atoms with van der Waals surface area (Å²) in [5.41, 5.74) is 6.13. The molecule has 10 rings (SSSR count). The number of benzene rings is 1. The van der Waals surface area contributed by atoms with E-state index in [4.69, 9.17) is 15.1 Å². The van der Waals surface area contributed by atoms with Gasteiger partial charge in [0.1, 0.15) is 29.0 Å². The van der Waals surface area contributed by atoms with E-state index in [0.717, 1.165) is 125 Å². The minimum Gasteiger partial charge on any atom is -0.374 e. The van der Waals surface area contributed by atoms with Gasteiger partial charge in [-0.05, 0) is 132 Å². The van der Waals surface area contributed by atoms with Crippen molar-refractivity contribution < 1.29 is 14.4 Å². The molecule has 0 spiro atoms. The molecule has 2 aliphatic carbocycles. The molecule has 2 saturated carbocycles. The van der Waals surface area contributed by atoms with Crippen molar-refractivity contribution >= 4 is 34.7 Å². The van der Waals surface area contributed by atoms with E-state index in [-0.39, 0.29) is 29.2 Å². The minimum atomic E-state index is -0.374. The average Bonchev–Trinajstić information content (AvgIpc) is 4.00. The van der Waals surface area contributed by atoms with E-state index in [1.54, 1.807) is 10.7 Å². The molecule has 3 N–H and O–H groups in total. The van der Waals surface area contributed by atoms with Crippen LogP contribution in [0.3, 0.4) is 0 Å². The van der Waals surface area contributed by atoms with Gasteiger partial charge in [0.15, 0.2) is 0 Å². The molecule has 0 radical (unpaired) electrons. The SMILES string of the molecule is CCC1(C(=O)NC2CCC2)CCN(c2ccc(-c3nc(-c4cnn(C5CCC(N6CCC(c7ccc(NC8CCC(=O)NC8=O)cc7)CC6)CC5)c4)cn4ncc(C#N)c34)cn2)CC1. The van der Waals surface area contributed by atoms with Crippen molar-refractivity contribution in [1.82, 2.24) is 44.9 Å². The van der Waals surface area contributed by atoms with E-state index in [2.05, 4.69) is 79.0 Å². The smallest absolute Gasteiger partial charge is 0.249 e. The summed E-state index contributed by atoms with van der Waals surface area (Å²) in [7, 11) is 0. The Morgan fingerprint density at radius 2 is 1.62 bits per heavy atom. The van der Waals surface area contributed by atoms with Crippen LogP contribution in [0.4, 0.5) is 11.5 Å². The Morgan fingerprint density at radius 1 is 0.859 bits per heavy atom. The van der Waals surface area contributed by atoms with Crippen LogP contribution in [0.2, 0.25) is 0 Å². The maximum absolute atomic E-state index is 13.3. The zero-order valence-corrected chi connectivity index (χ0v) is 36.7. The number of hydrogen-bond acceptors (Lipinski definition) is 11. The molecule has 15 nitrogen and oxygen atoms in total. The molecular formula is C49H58N12O3. The van der Waals surface area contributed by atoms with Crippen LogP contribution in [-0.4, -0.2) is 96.3 Å². The van der Waals surface area contributed by atoms with Crippen molar-refractivity contribution in [2.75, 3.05) is 36.4 Å². The first-order valence-corrected chi connectivity index (χ1v) is 23.6. The number of carbonyl (C=O) groups is 3. The lowest BCUT2D eigenvalue weighted by atomic mass is 9.74. The number of carbonyl (C=O) groups excluding carboxylic acids is 3. The molecule has 3 aliphatic heterocycles. The van der Waals surface area contributed by atoms with Crippen molar-refractivity contribution in [3.05, 3.63) is 78.5 Å². The van der Waals surface area contributed by atoms with E-state index in [1.165, 1.54) is 12.0 Å². The molecule has 332 valence electrons. The zero-order chi connectivity index (χ0) is 43.8. The third-order valence-corrected chi connectivity index (χ3v) is 15.2. The van der Waals surface area contributed by atoms with Crippen molar-refractivity contribution in [1.29, 1.82) is 5.26 Å². The molecule has 15 heteroatoms. The largest absolute Gasteiger partial charge is 0.374 e. The quantitative estimate of drug-likeness (QED) is 0.119. The number of anilines is 2. The van der Waals surface area contributed by atoms with Gasteiger partial charge < -0.3 is 20.4 Å². The molecule has 1 unspecified atom stereocenters. The highest BCUT2D eigenvalue weighted by atomic mass is 16.2. The molecule has 3 saturated heterocycles. The molecule has 5 fully saturated rings. The molecule has 1 aromatic carbocycles. The topological polar surface area (TPSA) is 178 Å². The highest BCUT2D eigenvalue weighted by Crippen LogP contribution is 2.39. The summed E-state index contributed by atoms with van der Waals surface area (Å²) in [6, 6.07) is 15.7. The monoisotopic (exact) mass is 862 g/mol. The fourth-order valence-electron chi connectivity index (χ4n) is 10.8. The minimum absolute atomic E-state index is 0.201. The maximum atomic E-state index is 13.3. The number of pyridine rings is 1. The predicted octanol–water partition coefficient (Wildman–Crippen LogP) is 6.77. The first kappa shape index (κ1) is 41.8. The number of fused-ring (bicyclic) bond motifs is 1. The number of nitrogens with one attached hydrogen (secondary N) is 3. The Balaban J connectivity index is 0.752. The summed E-state index contributed by atoms with van der Waals surface area (Å²) in [6.45, 7) is 5.87. The Kier molecular flexibility index (Phi) is 11.6. The number of nitriles is 1. The van der Waals surface area contributed by atoms with E-state index in [1.807, 2.05) is 30.7 Å². The second kappa shape index (κ2) is 17.8. The van der Waals surface area contributed by atoms with Gasteiger partial charge in [-0.15, -0.1) is 0 Å². The number of amides is 3. The number of likely N-dealkylation sites (tertiary alicyclic amines) is 1. The third-order valence-electron chi connectivity index (χ3n) is 15.2. The molecule has 5 aliphatic rings. The van der Waals surface area contributed by atoms with E-state index in [9.17, 15) is 19.6 Å². The van der Waals surface area contributed by atoms with Crippen LogP contribution in [0.25, 0.3) is 28.0 Å². The lowest BCUT2D eigenvalue weighted by Crippen LogP contribution is -2.52. The molecular weight excluding hydrogens is 805 g/mol. The van der Waals surface area contributed by atoms with Crippen LogP contribution in [0, 0.1) is 16.7 Å². The zero-order valence-electron chi connectivity index (χ0n) is 36.7. The summed E-state index contributed by atoms with van der Waals surface area (Å²) < 4.78 is 3.86. The van der Waals surface area contributed by atoms with E-state index >= 15 is 0 Å². The van der Waals surface area contributed by atoms with Gasteiger partial charge in [-0.3, -0.25) is 24.4 Å². The van der Waals surface area contributed by atoms with Gasteiger partial charge in [0, 0.05) is 60.8 Å². The van der Waals surface area contributed by atoms with Gasteiger partial charge >= 0.3 is 0 Å². The fraction of sp³-hybridized carbons (Fsp3) is 0.510. The number of piperidine rings is 3. The first-order valence-electron chi connectivity index (χ1n) is 23.6. The lowest BCUT2D eigenvalue weighted by molar-refractivity contribution is -0.134. The van der Waals surface area contributed by atoms with Gasteiger partial charge in [-0.2, -0.15) is 15.5 Å². The van der Waals surface area contributed by atoms with Crippen LogP contribution in [0.5, 0.6) is 0 Å². The fourth-order valence-corrected chi connectivity index (χ4v) is 10.8. The normalized spacial score (nSPS) is 23.3. The predicted molar refractivity (Wildman–Crippen MR) is 243 cm³/mol. The number of imide groups is 1. The first-order chi connectivity index (χ1) is 31.3. The standard InChI is InChI=1S/C49H58N12O3/c1-2-49(48(64)55-37-4-3-5-37)20-24-59(25-21-49)43-16-8-34(27-51-43)45-46-35(26-50)28-53-61(46)31-42(56-45)36-29-52-60(30-36)40-13-11-39(12-14-40)58-22-18-33(19-23-58)32-6-9-38(10-7-32)54-41-15-17-44(62)57-47(41)63/h6-10,16,27-31,33,37,39-41,54H,2-5,11-15,17-25H2,1H3,(H,55,64)(H,57,62,63). The molecule has 0 bridgehead atoms. The van der Waals surface area contributed by atoms with Crippen LogP contribution >= 0.6 is 0 Å². The Hall–Kier alpha value is -6.14. The van der Waals surface area contributed by atoms with Crippen LogP contribution < -0.4 is 20.9 Å². The molecule has 1 atom stereocenters. The van der Waals surface area contributed by atoms with Gasteiger partial charge in [-0.25, -0.2) is 14.5 Å². The summed E-state index contributed by atoms with van der Waals surface area (Å²) in [6.07, 6.45) is 22.7. The summed E-state index contributed by atoms with van der Waals surface area (Å²) in [4.78, 5) is 52.0. The lowest BCUT2D eigenvalue weighted by Gasteiger charge is -2.42. The van der Waals surface area contributed by atoms with Crippen LogP contribution in [-0.2, 0) is 14.4 Å². The molecule has 4 aromatic heterocycles. The Labute approximate surface area is 374 Å². The van der Waals surface area contributed by atoms with Crippen molar-refractivity contribution in [3.8, 4) is 28.6 Å². The van der Waals surface area contributed by atoms with E-state index < -0.39 is 0 Å². The van der Waals surface area contributed by atoms with Crippen molar-refractivity contribution in [3.63, 3.8) is 0 Å². The third kappa shape index (κ3) is 8.35. The maximum Gasteiger partial charge on any atom is 0.249 e. The number of aromatic nitrogens is 6. The number of rotatable bonds is 11. The Morgan fingerprint density at radius 3 is 2.30 bits per heavy atom. The van der Waals surface area contributed by atoms with Gasteiger partial charge in [0.2, 0.25) is 17.7 Å². The second-order valence-corrected chi connectivity index (χ2v) is 18.8. The molecule has 3 amide bonds. The van der Waals surface area contributed by atoms with E-state index in [0.29, 0.717) is 53.7 Å². The van der Waals surface area contributed by atoms with Gasteiger partial charge in [0.25, 0.3) is 0 Å². The number of nitrogens with zero attached hydrogens (tertiary/aromatic N) is 9. The summed E-state index contributed by atoms with van der Waals surface area (Å²) in [5.74, 6) is 1.17. The van der Waals surface area contributed by atoms with Crippen molar-refractivity contribution in [2.24, 2.45) is 5.41 Å². The van der Waals surface area contributed by atoms with Gasteiger partial charge in [-0.1, -0.05) is 19.1 Å². The highest BCUT2D eigenvalue weighted by molar-refractivity contribution is 6.01. The molecule has 7 heterocycles. The second-order valence-electron chi connectivity index (χ2n) is 18.8. The van der Waals surface area contributed by atoms with Gasteiger partial charge in [0.05, 0.1) is 41.4 Å². The highest BCUT2D eigenvalue weighted by Gasteiger charge is 2.41. The van der Waals surface area contributed by atoms with Crippen LogP contribution in [0.15, 0.2) is 67.4 Å². The molecule has 5 aromatic rings. The molecule has 64 heavy (non-hydrogen) atoms. The average molecular weight is 863 g/mol. The number of hydrogen-bond donors (Lipinski definition) is 3. The van der Waals surface area contributed by atoms with Crippen LogP contribution in [0.1, 0.15) is 120 Å².